The zero-order valence-electron chi connectivity index (χ0n) is 8.15. The zero-order chi connectivity index (χ0) is 13.1. The Balaban J connectivity index is 3.08. The molecule has 0 saturated heterocycles. The molecule has 0 bridgehead atoms. The number of nitrogens with zero attached hydrogens (tertiary/aromatic N) is 3. The number of anilines is 1. The summed E-state index contributed by atoms with van der Waals surface area (Å²) in [4.78, 5) is 13.1. The number of pyridine rings is 1. The van der Waals surface area contributed by atoms with E-state index in [0.717, 1.165) is 12.3 Å². The van der Waals surface area contributed by atoms with Crippen LogP contribution in [0.1, 0.15) is 5.56 Å². The van der Waals surface area contributed by atoms with E-state index in [4.69, 9.17) is 5.26 Å². The molecule has 1 rings (SSSR count). The molecular weight excluding hydrogens is 241 g/mol. The van der Waals surface area contributed by atoms with Crippen molar-refractivity contribution >= 4 is 11.5 Å². The van der Waals surface area contributed by atoms with E-state index >= 15 is 0 Å². The molecule has 0 aromatic carbocycles. The molecule has 0 aliphatic rings. The molecule has 0 amide bonds. The van der Waals surface area contributed by atoms with E-state index in [1.807, 2.05) is 0 Å². The lowest BCUT2D eigenvalue weighted by molar-refractivity contribution is -0.384. The van der Waals surface area contributed by atoms with Gasteiger partial charge in [-0.1, -0.05) is 0 Å². The van der Waals surface area contributed by atoms with Gasteiger partial charge in [-0.15, -0.1) is 0 Å². The molecule has 6 nitrogen and oxygen atoms in total. The average Bonchev–Trinajstić information content (AvgIpc) is 2.24. The second-order valence-electron chi connectivity index (χ2n) is 2.89. The smallest absolute Gasteiger partial charge is 0.355 e. The predicted octanol–water partition coefficient (Wildman–Crippen LogP) is 1.84. The van der Waals surface area contributed by atoms with Gasteiger partial charge in [-0.3, -0.25) is 10.1 Å². The minimum absolute atomic E-state index is 0.352. The number of hydrogen-bond donors (Lipinski definition) is 1. The topological polar surface area (TPSA) is 91.8 Å². The first-order chi connectivity index (χ1) is 7.85. The predicted molar refractivity (Wildman–Crippen MR) is 50.2 cm³/mol. The van der Waals surface area contributed by atoms with Crippen molar-refractivity contribution in [1.82, 2.24) is 4.98 Å². The minimum atomic E-state index is -4.53. The van der Waals surface area contributed by atoms with Crippen LogP contribution in [0.4, 0.5) is 24.7 Å². The van der Waals surface area contributed by atoms with Crippen LogP contribution in [0.2, 0.25) is 0 Å². The summed E-state index contributed by atoms with van der Waals surface area (Å²) < 4.78 is 35.8. The summed E-state index contributed by atoms with van der Waals surface area (Å²) in [5, 5.41) is 21.0. The summed E-state index contributed by atoms with van der Waals surface area (Å²) in [7, 11) is 0. The SMILES string of the molecule is N#Cc1ccnc(NCC(F)(F)F)c1[N+](=O)[O-]. The van der Waals surface area contributed by atoms with Crippen LogP contribution >= 0.6 is 0 Å². The number of halogens is 3. The molecule has 90 valence electrons. The second kappa shape index (κ2) is 4.65. The fourth-order valence-electron chi connectivity index (χ4n) is 1.04. The average molecular weight is 246 g/mol. The molecule has 1 heterocycles. The van der Waals surface area contributed by atoms with Gasteiger partial charge in [0.2, 0.25) is 5.82 Å². The Kier molecular flexibility index (Phi) is 3.47. The van der Waals surface area contributed by atoms with Crippen molar-refractivity contribution in [3.63, 3.8) is 0 Å². The number of nitro groups is 1. The maximum atomic E-state index is 11.9. The first-order valence-electron chi connectivity index (χ1n) is 4.19. The van der Waals surface area contributed by atoms with Gasteiger partial charge in [0.05, 0.1) is 4.92 Å². The quantitative estimate of drug-likeness (QED) is 0.648. The highest BCUT2D eigenvalue weighted by molar-refractivity contribution is 5.64. The summed E-state index contributed by atoms with van der Waals surface area (Å²) in [5.41, 5.74) is -1.12. The molecule has 1 aromatic heterocycles. The van der Waals surface area contributed by atoms with Gasteiger partial charge in [0, 0.05) is 6.20 Å². The Labute approximate surface area is 92.8 Å². The minimum Gasteiger partial charge on any atom is -0.355 e. The maximum Gasteiger partial charge on any atom is 0.405 e. The summed E-state index contributed by atoms with van der Waals surface area (Å²) in [5.74, 6) is -0.577. The third kappa shape index (κ3) is 3.30. The molecule has 0 spiro atoms. The van der Waals surface area contributed by atoms with Crippen molar-refractivity contribution in [2.24, 2.45) is 0 Å². The van der Waals surface area contributed by atoms with Crippen molar-refractivity contribution in [3.8, 4) is 6.07 Å². The van der Waals surface area contributed by atoms with Gasteiger partial charge in [0.1, 0.15) is 18.2 Å². The van der Waals surface area contributed by atoms with Crippen LogP contribution in [-0.2, 0) is 0 Å². The van der Waals surface area contributed by atoms with E-state index in [1.54, 1.807) is 5.32 Å². The van der Waals surface area contributed by atoms with Gasteiger partial charge >= 0.3 is 11.9 Å². The third-order valence-electron chi connectivity index (χ3n) is 1.68. The largest absolute Gasteiger partial charge is 0.405 e. The summed E-state index contributed by atoms with van der Waals surface area (Å²) in [6, 6.07) is 2.56. The molecule has 0 atom stereocenters. The van der Waals surface area contributed by atoms with Crippen LogP contribution in [-0.4, -0.2) is 22.6 Å². The number of aromatic nitrogens is 1. The van der Waals surface area contributed by atoms with Crippen molar-refractivity contribution in [2.45, 2.75) is 6.18 Å². The third-order valence-corrected chi connectivity index (χ3v) is 1.68. The highest BCUT2D eigenvalue weighted by atomic mass is 19.4. The Bertz CT molecular complexity index is 481. The van der Waals surface area contributed by atoms with E-state index in [2.05, 4.69) is 4.98 Å². The number of nitrogens with one attached hydrogen (secondary N) is 1. The van der Waals surface area contributed by atoms with Gasteiger partial charge < -0.3 is 5.32 Å². The molecule has 0 radical (unpaired) electrons. The standard InChI is InChI=1S/C8H5F3N4O2/c9-8(10,11)4-14-7-6(15(16)17)5(3-12)1-2-13-7/h1-2H,4H2,(H,13,14). The van der Waals surface area contributed by atoms with Crippen LogP contribution in [0.3, 0.4) is 0 Å². The van der Waals surface area contributed by atoms with Gasteiger partial charge in [-0.2, -0.15) is 18.4 Å². The van der Waals surface area contributed by atoms with Crippen molar-refractivity contribution in [1.29, 1.82) is 5.26 Å². The number of rotatable bonds is 3. The van der Waals surface area contributed by atoms with E-state index in [0.29, 0.717) is 0 Å². The molecule has 17 heavy (non-hydrogen) atoms. The zero-order valence-corrected chi connectivity index (χ0v) is 8.15. The molecule has 0 saturated carbocycles. The Morgan fingerprint density at radius 3 is 2.71 bits per heavy atom. The summed E-state index contributed by atoms with van der Waals surface area (Å²) in [6.07, 6.45) is -3.51. The van der Waals surface area contributed by atoms with E-state index in [1.165, 1.54) is 6.07 Å². The van der Waals surface area contributed by atoms with Crippen LogP contribution in [0.25, 0.3) is 0 Å². The van der Waals surface area contributed by atoms with Gasteiger partial charge in [0.25, 0.3) is 0 Å². The lowest BCUT2D eigenvalue weighted by Gasteiger charge is -2.08. The summed E-state index contributed by atoms with van der Waals surface area (Å²) in [6.45, 7) is -1.46. The molecule has 0 unspecified atom stereocenters. The normalized spacial score (nSPS) is 10.7. The van der Waals surface area contributed by atoms with Gasteiger partial charge in [0.15, 0.2) is 0 Å². The van der Waals surface area contributed by atoms with E-state index < -0.39 is 29.1 Å². The molecule has 1 N–H and O–H groups in total. The molecule has 0 aliphatic carbocycles. The fourth-order valence-corrected chi connectivity index (χ4v) is 1.04. The molecule has 1 aromatic rings. The lowest BCUT2D eigenvalue weighted by Crippen LogP contribution is -2.22. The first kappa shape index (κ1) is 12.7. The van der Waals surface area contributed by atoms with Crippen LogP contribution in [0.5, 0.6) is 0 Å². The molecule has 9 heteroatoms. The van der Waals surface area contributed by atoms with Crippen LogP contribution < -0.4 is 5.32 Å². The second-order valence-corrected chi connectivity index (χ2v) is 2.89. The van der Waals surface area contributed by atoms with Crippen molar-refractivity contribution < 1.29 is 18.1 Å². The van der Waals surface area contributed by atoms with Crippen molar-refractivity contribution in [2.75, 3.05) is 11.9 Å². The molecule has 0 fully saturated rings. The summed E-state index contributed by atoms with van der Waals surface area (Å²) >= 11 is 0. The van der Waals surface area contributed by atoms with Gasteiger partial charge in [-0.05, 0) is 6.07 Å². The van der Waals surface area contributed by atoms with Crippen LogP contribution in [0.15, 0.2) is 12.3 Å². The number of alkyl halides is 3. The number of hydrogen-bond acceptors (Lipinski definition) is 5. The Morgan fingerprint density at radius 2 is 2.24 bits per heavy atom. The van der Waals surface area contributed by atoms with E-state index in [-0.39, 0.29) is 5.56 Å². The highest BCUT2D eigenvalue weighted by Gasteiger charge is 2.29. The number of nitriles is 1. The fraction of sp³-hybridized carbons (Fsp3) is 0.250. The van der Waals surface area contributed by atoms with Gasteiger partial charge in [-0.25, -0.2) is 4.98 Å². The first-order valence-corrected chi connectivity index (χ1v) is 4.19. The Morgan fingerprint density at radius 1 is 1.59 bits per heavy atom. The van der Waals surface area contributed by atoms with E-state index in [9.17, 15) is 23.3 Å². The van der Waals surface area contributed by atoms with Crippen LogP contribution in [0, 0.1) is 21.4 Å². The molecular formula is C8H5F3N4O2. The lowest BCUT2D eigenvalue weighted by atomic mass is 10.2. The van der Waals surface area contributed by atoms with Crippen molar-refractivity contribution in [3.05, 3.63) is 27.9 Å². The molecule has 0 aliphatic heterocycles. The monoisotopic (exact) mass is 246 g/mol. The Hall–Kier alpha value is -2.37. The maximum absolute atomic E-state index is 11.9. The highest BCUT2D eigenvalue weighted by Crippen LogP contribution is 2.26.